The van der Waals surface area contributed by atoms with Crippen molar-refractivity contribution in [3.05, 3.63) is 17.3 Å². The summed E-state index contributed by atoms with van der Waals surface area (Å²) in [6.45, 7) is 1.08. The fourth-order valence-electron chi connectivity index (χ4n) is 0.950. The van der Waals surface area contributed by atoms with Crippen LogP contribution in [0.5, 0.6) is 0 Å². The van der Waals surface area contributed by atoms with E-state index in [4.69, 9.17) is 5.73 Å². The van der Waals surface area contributed by atoms with E-state index >= 15 is 0 Å². The van der Waals surface area contributed by atoms with Crippen LogP contribution < -0.4 is 5.73 Å². The zero-order chi connectivity index (χ0) is 10.9. The van der Waals surface area contributed by atoms with Gasteiger partial charge < -0.3 is 15.3 Å². The van der Waals surface area contributed by atoms with E-state index in [1.807, 2.05) is 0 Å². The summed E-state index contributed by atoms with van der Waals surface area (Å²) < 4.78 is 40.6. The molecule has 1 heterocycles. The topological polar surface area (TPSA) is 72.3 Å². The Kier molecular flexibility index (Phi) is 2.81. The standard InChI is InChI=1S/C7H9F3N2O2/c1-3-5(4(13)2-11)12-6(14-3)7(8,9)10/h4,13H,2,11H2,1H3. The monoisotopic (exact) mass is 210 g/mol. The first-order valence-electron chi connectivity index (χ1n) is 3.79. The lowest BCUT2D eigenvalue weighted by atomic mass is 10.2. The molecule has 80 valence electrons. The Morgan fingerprint density at radius 2 is 2.14 bits per heavy atom. The molecule has 1 atom stereocenters. The van der Waals surface area contributed by atoms with Crippen molar-refractivity contribution in [2.75, 3.05) is 6.54 Å². The third-order valence-corrected chi connectivity index (χ3v) is 1.61. The van der Waals surface area contributed by atoms with Gasteiger partial charge in [0.1, 0.15) is 17.6 Å². The molecule has 0 aliphatic rings. The van der Waals surface area contributed by atoms with E-state index in [0.717, 1.165) is 0 Å². The van der Waals surface area contributed by atoms with Gasteiger partial charge in [-0.1, -0.05) is 0 Å². The first-order valence-corrected chi connectivity index (χ1v) is 3.79. The molecule has 0 spiro atoms. The summed E-state index contributed by atoms with van der Waals surface area (Å²) in [6, 6.07) is 0. The van der Waals surface area contributed by atoms with Gasteiger partial charge >= 0.3 is 12.1 Å². The average molecular weight is 210 g/mol. The molecular formula is C7H9F3N2O2. The molecular weight excluding hydrogens is 201 g/mol. The van der Waals surface area contributed by atoms with Crippen molar-refractivity contribution in [3.63, 3.8) is 0 Å². The second-order valence-electron chi connectivity index (χ2n) is 2.71. The van der Waals surface area contributed by atoms with Gasteiger partial charge in [-0.2, -0.15) is 13.2 Å². The Morgan fingerprint density at radius 1 is 1.57 bits per heavy atom. The molecule has 0 radical (unpaired) electrons. The lowest BCUT2D eigenvalue weighted by molar-refractivity contribution is -0.157. The zero-order valence-electron chi connectivity index (χ0n) is 7.30. The van der Waals surface area contributed by atoms with Crippen molar-refractivity contribution < 1.29 is 22.7 Å². The van der Waals surface area contributed by atoms with E-state index in [1.165, 1.54) is 6.92 Å². The van der Waals surface area contributed by atoms with Crippen LogP contribution in [0.3, 0.4) is 0 Å². The van der Waals surface area contributed by atoms with Crippen LogP contribution in [0.2, 0.25) is 0 Å². The van der Waals surface area contributed by atoms with Crippen LogP contribution in [0.1, 0.15) is 23.4 Å². The number of hydrogen-bond donors (Lipinski definition) is 2. The van der Waals surface area contributed by atoms with Crippen LogP contribution in [0.4, 0.5) is 13.2 Å². The highest BCUT2D eigenvalue weighted by molar-refractivity contribution is 5.12. The highest BCUT2D eigenvalue weighted by Crippen LogP contribution is 2.31. The molecule has 3 N–H and O–H groups in total. The molecule has 0 fully saturated rings. The summed E-state index contributed by atoms with van der Waals surface area (Å²) in [7, 11) is 0. The van der Waals surface area contributed by atoms with Crippen molar-refractivity contribution in [3.8, 4) is 0 Å². The molecule has 4 nitrogen and oxygen atoms in total. The van der Waals surface area contributed by atoms with E-state index in [-0.39, 0.29) is 18.0 Å². The van der Waals surface area contributed by atoms with Gasteiger partial charge in [-0.15, -0.1) is 0 Å². The molecule has 14 heavy (non-hydrogen) atoms. The third kappa shape index (κ3) is 2.05. The van der Waals surface area contributed by atoms with Gasteiger partial charge in [-0.05, 0) is 6.92 Å². The first-order chi connectivity index (χ1) is 6.36. The third-order valence-electron chi connectivity index (χ3n) is 1.61. The van der Waals surface area contributed by atoms with Gasteiger partial charge in [0.25, 0.3) is 0 Å². The fourth-order valence-corrected chi connectivity index (χ4v) is 0.950. The van der Waals surface area contributed by atoms with Crippen LogP contribution in [0.25, 0.3) is 0 Å². The largest absolute Gasteiger partial charge is 0.468 e. The number of aryl methyl sites for hydroxylation is 1. The molecule has 0 amide bonds. The molecule has 1 rings (SSSR count). The van der Waals surface area contributed by atoms with E-state index < -0.39 is 18.2 Å². The summed E-state index contributed by atoms with van der Waals surface area (Å²) in [5.41, 5.74) is 4.91. The van der Waals surface area contributed by atoms with Crippen molar-refractivity contribution in [1.29, 1.82) is 0 Å². The minimum Gasteiger partial charge on any atom is -0.438 e. The summed E-state index contributed by atoms with van der Waals surface area (Å²) in [5, 5.41) is 9.17. The highest BCUT2D eigenvalue weighted by Gasteiger charge is 2.38. The fraction of sp³-hybridized carbons (Fsp3) is 0.571. The molecule has 0 aromatic carbocycles. The Balaban J connectivity index is 3.05. The number of hydrogen-bond acceptors (Lipinski definition) is 4. The molecule has 0 saturated carbocycles. The Bertz CT molecular complexity index is 321. The van der Waals surface area contributed by atoms with Crippen molar-refractivity contribution in [1.82, 2.24) is 4.98 Å². The number of aromatic nitrogens is 1. The van der Waals surface area contributed by atoms with Crippen LogP contribution in [-0.4, -0.2) is 16.6 Å². The number of oxazole rings is 1. The minimum atomic E-state index is -4.64. The molecule has 1 aromatic heterocycles. The number of halogens is 3. The molecule has 1 unspecified atom stereocenters. The van der Waals surface area contributed by atoms with Gasteiger partial charge in [0.05, 0.1) is 0 Å². The van der Waals surface area contributed by atoms with Crippen LogP contribution in [0.15, 0.2) is 4.42 Å². The maximum absolute atomic E-state index is 12.1. The number of aliphatic hydroxyl groups is 1. The second-order valence-corrected chi connectivity index (χ2v) is 2.71. The van der Waals surface area contributed by atoms with Crippen LogP contribution in [0, 0.1) is 6.92 Å². The number of nitrogens with zero attached hydrogens (tertiary/aromatic N) is 1. The van der Waals surface area contributed by atoms with Gasteiger partial charge in [0.15, 0.2) is 0 Å². The average Bonchev–Trinajstić information content (AvgIpc) is 2.45. The van der Waals surface area contributed by atoms with E-state index in [0.29, 0.717) is 0 Å². The van der Waals surface area contributed by atoms with Crippen molar-refractivity contribution in [2.24, 2.45) is 5.73 Å². The summed E-state index contributed by atoms with van der Waals surface area (Å²) in [6.07, 6.45) is -5.87. The maximum Gasteiger partial charge on any atom is 0.468 e. The van der Waals surface area contributed by atoms with Gasteiger partial charge in [-0.3, -0.25) is 0 Å². The summed E-state index contributed by atoms with van der Waals surface area (Å²) >= 11 is 0. The van der Waals surface area contributed by atoms with Gasteiger partial charge in [0.2, 0.25) is 0 Å². The summed E-state index contributed by atoms with van der Waals surface area (Å²) in [4.78, 5) is 3.13. The lowest BCUT2D eigenvalue weighted by Gasteiger charge is -2.02. The SMILES string of the molecule is Cc1oc(C(F)(F)F)nc1C(O)CN. The number of aliphatic hydroxyl groups excluding tert-OH is 1. The first kappa shape index (κ1) is 11.0. The molecule has 1 aromatic rings. The van der Waals surface area contributed by atoms with Gasteiger partial charge in [-0.25, -0.2) is 4.98 Å². The normalized spacial score (nSPS) is 14.4. The molecule has 0 bridgehead atoms. The van der Waals surface area contributed by atoms with Crippen molar-refractivity contribution >= 4 is 0 Å². The number of rotatable bonds is 2. The Labute approximate surface area is 77.5 Å². The highest BCUT2D eigenvalue weighted by atomic mass is 19.4. The smallest absolute Gasteiger partial charge is 0.438 e. The van der Waals surface area contributed by atoms with Crippen molar-refractivity contribution in [2.45, 2.75) is 19.2 Å². The quantitative estimate of drug-likeness (QED) is 0.763. The number of nitrogens with two attached hydrogens (primary N) is 1. The van der Waals surface area contributed by atoms with E-state index in [1.54, 1.807) is 0 Å². The predicted molar refractivity (Wildman–Crippen MR) is 40.3 cm³/mol. The maximum atomic E-state index is 12.1. The number of alkyl halides is 3. The molecule has 0 aliphatic carbocycles. The second kappa shape index (κ2) is 3.58. The van der Waals surface area contributed by atoms with E-state index in [2.05, 4.69) is 9.40 Å². The van der Waals surface area contributed by atoms with Crippen LogP contribution >= 0.6 is 0 Å². The molecule has 0 aliphatic heterocycles. The van der Waals surface area contributed by atoms with E-state index in [9.17, 15) is 18.3 Å². The molecule has 7 heteroatoms. The van der Waals surface area contributed by atoms with Gasteiger partial charge in [0, 0.05) is 6.54 Å². The lowest BCUT2D eigenvalue weighted by Crippen LogP contribution is -2.13. The minimum absolute atomic E-state index is 0.0738. The van der Waals surface area contributed by atoms with Crippen LogP contribution in [-0.2, 0) is 6.18 Å². The Morgan fingerprint density at radius 3 is 2.50 bits per heavy atom. The summed E-state index contributed by atoms with van der Waals surface area (Å²) in [5.74, 6) is -1.44. The molecule has 0 saturated heterocycles. The predicted octanol–water partition coefficient (Wildman–Crippen LogP) is 0.994. The zero-order valence-corrected chi connectivity index (χ0v) is 7.30. The Hall–Kier alpha value is -1.08.